The third kappa shape index (κ3) is 1.45. The lowest BCUT2D eigenvalue weighted by atomic mass is 10.3. The molecule has 1 radical (unpaired) electrons. The zero-order valence-corrected chi connectivity index (χ0v) is 4.72. The Morgan fingerprint density at radius 2 is 2.43 bits per heavy atom. The van der Waals surface area contributed by atoms with Crippen molar-refractivity contribution in [3.63, 3.8) is 0 Å². The Kier molecular flexibility index (Phi) is 1.65. The molecule has 0 saturated carbocycles. The molecule has 0 aromatic heterocycles. The zero-order chi connectivity index (χ0) is 5.11. The molecule has 0 bridgehead atoms. The van der Waals surface area contributed by atoms with Crippen LogP contribution in [0, 0.1) is 0 Å². The van der Waals surface area contributed by atoms with Crippen molar-refractivity contribution < 1.29 is 0 Å². The lowest BCUT2D eigenvalue weighted by Crippen LogP contribution is -2.34. The van der Waals surface area contributed by atoms with E-state index in [1.54, 1.807) is 0 Å². The van der Waals surface area contributed by atoms with Crippen LogP contribution in [0.2, 0.25) is 0 Å². The Morgan fingerprint density at radius 3 is 2.71 bits per heavy atom. The second-order valence-corrected chi connectivity index (χ2v) is 2.02. The summed E-state index contributed by atoms with van der Waals surface area (Å²) in [6.07, 6.45) is 1.25. The zero-order valence-electron chi connectivity index (χ0n) is 4.72. The van der Waals surface area contributed by atoms with E-state index >= 15 is 0 Å². The van der Waals surface area contributed by atoms with Crippen molar-refractivity contribution in [1.29, 1.82) is 0 Å². The standard InChI is InChI=1S/C5H11N2/c1-7-4-2-3-6-5-7/h2-5H2,1H3. The summed E-state index contributed by atoms with van der Waals surface area (Å²) in [5, 5.41) is 4.18. The predicted molar refractivity (Wildman–Crippen MR) is 29.1 cm³/mol. The van der Waals surface area contributed by atoms with Gasteiger partial charge in [0.1, 0.15) is 0 Å². The highest BCUT2D eigenvalue weighted by molar-refractivity contribution is 4.57. The molecule has 1 rings (SSSR count). The molecule has 1 aliphatic rings. The van der Waals surface area contributed by atoms with E-state index < -0.39 is 0 Å². The van der Waals surface area contributed by atoms with Crippen molar-refractivity contribution >= 4 is 0 Å². The van der Waals surface area contributed by atoms with Crippen LogP contribution in [0.15, 0.2) is 0 Å². The first-order chi connectivity index (χ1) is 3.39. The highest BCUT2D eigenvalue weighted by atomic mass is 15.2. The van der Waals surface area contributed by atoms with Gasteiger partial charge in [-0.15, -0.1) is 0 Å². The number of nitrogens with zero attached hydrogens (tertiary/aromatic N) is 2. The fourth-order valence-electron chi connectivity index (χ4n) is 0.765. The Labute approximate surface area is 44.5 Å². The molecule has 1 heterocycles. The molecule has 1 saturated heterocycles. The molecule has 2 heteroatoms. The van der Waals surface area contributed by atoms with E-state index in [0.29, 0.717) is 0 Å². The largest absolute Gasteiger partial charge is 0.292 e. The van der Waals surface area contributed by atoms with Gasteiger partial charge in [0.15, 0.2) is 0 Å². The van der Waals surface area contributed by atoms with Crippen molar-refractivity contribution in [3.8, 4) is 0 Å². The number of hydrogen-bond donors (Lipinski definition) is 0. The molecule has 0 aliphatic carbocycles. The van der Waals surface area contributed by atoms with Gasteiger partial charge in [0.25, 0.3) is 0 Å². The van der Waals surface area contributed by atoms with Crippen molar-refractivity contribution in [2.24, 2.45) is 0 Å². The van der Waals surface area contributed by atoms with Gasteiger partial charge in [-0.1, -0.05) is 0 Å². The van der Waals surface area contributed by atoms with Crippen LogP contribution in [0.1, 0.15) is 6.42 Å². The van der Waals surface area contributed by atoms with E-state index in [1.165, 1.54) is 13.0 Å². The fraction of sp³-hybridized carbons (Fsp3) is 1.00. The van der Waals surface area contributed by atoms with Crippen molar-refractivity contribution in [2.75, 3.05) is 26.8 Å². The minimum atomic E-state index is 0.944. The second-order valence-electron chi connectivity index (χ2n) is 2.02. The summed E-state index contributed by atoms with van der Waals surface area (Å²) in [7, 11) is 2.10. The Balaban J connectivity index is 2.12. The molecule has 7 heavy (non-hydrogen) atoms. The van der Waals surface area contributed by atoms with Gasteiger partial charge in [-0.2, -0.15) is 0 Å². The van der Waals surface area contributed by atoms with Crippen molar-refractivity contribution in [2.45, 2.75) is 6.42 Å². The summed E-state index contributed by atoms with van der Waals surface area (Å²) >= 11 is 0. The molecule has 2 nitrogen and oxygen atoms in total. The monoisotopic (exact) mass is 99.1 g/mol. The summed E-state index contributed by atoms with van der Waals surface area (Å²) < 4.78 is 0. The molecule has 0 spiro atoms. The van der Waals surface area contributed by atoms with Gasteiger partial charge in [-0.3, -0.25) is 4.90 Å². The molecule has 0 N–H and O–H groups in total. The van der Waals surface area contributed by atoms with E-state index in [9.17, 15) is 0 Å². The minimum Gasteiger partial charge on any atom is -0.292 e. The van der Waals surface area contributed by atoms with Crippen LogP contribution in [0.25, 0.3) is 0 Å². The van der Waals surface area contributed by atoms with Gasteiger partial charge in [-0.25, -0.2) is 5.32 Å². The summed E-state index contributed by atoms with van der Waals surface area (Å²) in [6.45, 7) is 3.24. The van der Waals surface area contributed by atoms with Crippen LogP contribution >= 0.6 is 0 Å². The molecule has 0 unspecified atom stereocenters. The second kappa shape index (κ2) is 2.28. The Morgan fingerprint density at radius 1 is 1.57 bits per heavy atom. The SMILES string of the molecule is CN1CCC[N]C1. The molecule has 0 amide bonds. The van der Waals surface area contributed by atoms with Crippen LogP contribution < -0.4 is 5.32 Å². The van der Waals surface area contributed by atoms with Crippen LogP contribution in [-0.2, 0) is 0 Å². The lowest BCUT2D eigenvalue weighted by molar-refractivity contribution is 0.257. The third-order valence-electron chi connectivity index (χ3n) is 1.20. The first-order valence-corrected chi connectivity index (χ1v) is 2.71. The van der Waals surface area contributed by atoms with E-state index in [-0.39, 0.29) is 0 Å². The summed E-state index contributed by atoms with van der Waals surface area (Å²) in [4.78, 5) is 2.23. The third-order valence-corrected chi connectivity index (χ3v) is 1.20. The average molecular weight is 99.2 g/mol. The summed E-state index contributed by atoms with van der Waals surface area (Å²) in [5.74, 6) is 0. The van der Waals surface area contributed by atoms with Gasteiger partial charge in [0.05, 0.1) is 6.67 Å². The van der Waals surface area contributed by atoms with Gasteiger partial charge in [-0.05, 0) is 13.5 Å². The molecular weight excluding hydrogens is 88.1 g/mol. The maximum atomic E-state index is 4.18. The van der Waals surface area contributed by atoms with Gasteiger partial charge in [0.2, 0.25) is 0 Å². The van der Waals surface area contributed by atoms with Crippen LogP contribution in [0.4, 0.5) is 0 Å². The summed E-state index contributed by atoms with van der Waals surface area (Å²) in [6, 6.07) is 0. The molecule has 0 aromatic rings. The average Bonchev–Trinajstić information content (AvgIpc) is 1.69. The van der Waals surface area contributed by atoms with Gasteiger partial charge in [0, 0.05) is 13.1 Å². The van der Waals surface area contributed by atoms with Crippen LogP contribution in [0.3, 0.4) is 0 Å². The molecular formula is C5H11N2. The Bertz CT molecular complexity index is 48.0. The molecule has 1 fully saturated rings. The highest BCUT2D eigenvalue weighted by Gasteiger charge is 2.02. The van der Waals surface area contributed by atoms with E-state index in [4.69, 9.17) is 0 Å². The topological polar surface area (TPSA) is 17.3 Å². The minimum absolute atomic E-state index is 0.944. The molecule has 0 atom stereocenters. The van der Waals surface area contributed by atoms with Crippen molar-refractivity contribution in [1.82, 2.24) is 10.2 Å². The normalized spacial score (nSPS) is 25.3. The quantitative estimate of drug-likeness (QED) is 0.414. The fourth-order valence-corrected chi connectivity index (χ4v) is 0.765. The first-order valence-electron chi connectivity index (χ1n) is 2.71. The molecule has 1 aliphatic heterocycles. The highest BCUT2D eigenvalue weighted by Crippen LogP contribution is 1.90. The molecule has 41 valence electrons. The maximum absolute atomic E-state index is 4.18. The van der Waals surface area contributed by atoms with Crippen molar-refractivity contribution in [3.05, 3.63) is 0 Å². The van der Waals surface area contributed by atoms with Gasteiger partial charge < -0.3 is 0 Å². The predicted octanol–water partition coefficient (Wildman–Crippen LogP) is -0.116. The smallest absolute Gasteiger partial charge is 0.0646 e. The summed E-state index contributed by atoms with van der Waals surface area (Å²) in [5.41, 5.74) is 0. The van der Waals surface area contributed by atoms with Gasteiger partial charge >= 0.3 is 0 Å². The van der Waals surface area contributed by atoms with E-state index in [2.05, 4.69) is 17.3 Å². The number of hydrogen-bond acceptors (Lipinski definition) is 1. The lowest BCUT2D eigenvalue weighted by Gasteiger charge is -2.20. The first kappa shape index (κ1) is 5.06. The Hall–Kier alpha value is -0.0800. The maximum Gasteiger partial charge on any atom is 0.0646 e. The van der Waals surface area contributed by atoms with E-state index in [0.717, 1.165) is 13.2 Å². The van der Waals surface area contributed by atoms with Crippen LogP contribution in [-0.4, -0.2) is 31.7 Å². The number of rotatable bonds is 0. The van der Waals surface area contributed by atoms with Crippen LogP contribution in [0.5, 0.6) is 0 Å². The molecule has 0 aromatic carbocycles. The van der Waals surface area contributed by atoms with E-state index in [1.807, 2.05) is 0 Å².